The zero-order valence-electron chi connectivity index (χ0n) is 17.6. The third-order valence-corrected chi connectivity index (χ3v) is 6.83. The lowest BCUT2D eigenvalue weighted by Gasteiger charge is -2.09. The molecule has 0 bridgehead atoms. The van der Waals surface area contributed by atoms with E-state index in [1.54, 1.807) is 12.1 Å². The van der Waals surface area contributed by atoms with Crippen molar-refractivity contribution in [3.05, 3.63) is 29.8 Å². The van der Waals surface area contributed by atoms with Crippen LogP contribution in [0.25, 0.3) is 0 Å². The van der Waals surface area contributed by atoms with Crippen LogP contribution in [0, 0.1) is 6.92 Å². The number of rotatable bonds is 17. The van der Waals surface area contributed by atoms with Crippen LogP contribution in [0.3, 0.4) is 0 Å². The van der Waals surface area contributed by atoms with Crippen molar-refractivity contribution in [1.82, 2.24) is 4.72 Å². The van der Waals surface area contributed by atoms with Gasteiger partial charge in [-0.1, -0.05) is 109 Å². The molecule has 0 radical (unpaired) electrons. The lowest BCUT2D eigenvalue weighted by atomic mass is 10.0. The molecule has 0 unspecified atom stereocenters. The molecule has 0 aromatic heterocycles. The van der Waals surface area contributed by atoms with Crippen molar-refractivity contribution in [2.75, 3.05) is 6.54 Å². The minimum atomic E-state index is -3.36. The molecule has 0 fully saturated rings. The summed E-state index contributed by atoms with van der Waals surface area (Å²) < 4.78 is 27.3. The van der Waals surface area contributed by atoms with E-state index in [4.69, 9.17) is 0 Å². The predicted molar refractivity (Wildman–Crippen MR) is 117 cm³/mol. The van der Waals surface area contributed by atoms with Crippen molar-refractivity contribution in [2.24, 2.45) is 0 Å². The Bertz CT molecular complexity index is 584. The van der Waals surface area contributed by atoms with E-state index in [1.807, 2.05) is 19.1 Å². The molecule has 1 aromatic carbocycles. The van der Waals surface area contributed by atoms with Gasteiger partial charge in [0, 0.05) is 6.54 Å². The summed E-state index contributed by atoms with van der Waals surface area (Å²) in [5.41, 5.74) is 0.797. The maximum Gasteiger partial charge on any atom is 0.240 e. The third kappa shape index (κ3) is 11.5. The van der Waals surface area contributed by atoms with Crippen molar-refractivity contribution < 1.29 is 8.42 Å². The van der Waals surface area contributed by atoms with E-state index in [0.29, 0.717) is 11.4 Å². The van der Waals surface area contributed by atoms with Crippen molar-refractivity contribution in [3.8, 4) is 0 Å². The summed E-state index contributed by atoms with van der Waals surface area (Å²) >= 11 is 0. The maximum atomic E-state index is 12.3. The number of nitrogens with one attached hydrogen (secondary N) is 1. The highest BCUT2D eigenvalue weighted by Gasteiger charge is 2.14. The quantitative estimate of drug-likeness (QED) is 0.296. The van der Waals surface area contributed by atoms with Gasteiger partial charge in [-0.2, -0.15) is 0 Å². The Morgan fingerprint density at radius 3 is 1.63 bits per heavy atom. The van der Waals surface area contributed by atoms with Crippen molar-refractivity contribution in [2.45, 2.75) is 109 Å². The fraction of sp³-hybridized carbons (Fsp3) is 0.739. The van der Waals surface area contributed by atoms with E-state index < -0.39 is 10.0 Å². The van der Waals surface area contributed by atoms with Gasteiger partial charge in [0.05, 0.1) is 4.90 Å². The molecule has 0 amide bonds. The van der Waals surface area contributed by atoms with Gasteiger partial charge in [-0.05, 0) is 25.0 Å². The van der Waals surface area contributed by atoms with Crippen LogP contribution in [-0.4, -0.2) is 15.0 Å². The first-order chi connectivity index (χ1) is 13.1. The van der Waals surface area contributed by atoms with Crippen LogP contribution in [-0.2, 0) is 10.0 Å². The molecule has 1 aromatic rings. The predicted octanol–water partition coefficient (Wildman–Crippen LogP) is 6.75. The van der Waals surface area contributed by atoms with Crippen molar-refractivity contribution >= 4 is 10.0 Å². The molecule has 27 heavy (non-hydrogen) atoms. The summed E-state index contributed by atoms with van der Waals surface area (Å²) in [6.45, 7) is 4.64. The van der Waals surface area contributed by atoms with E-state index in [0.717, 1.165) is 18.4 Å². The van der Waals surface area contributed by atoms with Crippen molar-refractivity contribution in [1.29, 1.82) is 0 Å². The summed E-state index contributed by atoms with van der Waals surface area (Å²) in [5.74, 6) is 0. The average molecular weight is 396 g/mol. The second-order valence-corrected chi connectivity index (χ2v) is 9.49. The molecular formula is C23H41NO2S. The Hall–Kier alpha value is -0.870. The van der Waals surface area contributed by atoms with E-state index in [9.17, 15) is 8.42 Å². The average Bonchev–Trinajstić information content (AvgIpc) is 2.65. The van der Waals surface area contributed by atoms with E-state index in [1.165, 1.54) is 77.0 Å². The fourth-order valence-electron chi connectivity index (χ4n) is 3.46. The van der Waals surface area contributed by atoms with E-state index in [2.05, 4.69) is 11.6 Å². The van der Waals surface area contributed by atoms with Crippen LogP contribution in [0.1, 0.15) is 102 Å². The summed E-state index contributed by atoms with van der Waals surface area (Å²) in [7, 11) is -3.36. The number of benzene rings is 1. The zero-order valence-corrected chi connectivity index (χ0v) is 18.5. The third-order valence-electron chi connectivity index (χ3n) is 5.21. The number of aryl methyl sites for hydroxylation is 1. The molecule has 0 atom stereocenters. The molecule has 4 heteroatoms. The lowest BCUT2D eigenvalue weighted by Crippen LogP contribution is -2.25. The van der Waals surface area contributed by atoms with Crippen LogP contribution in [0.5, 0.6) is 0 Å². The standard InChI is InChI=1S/C23H41NO2S/c1-3-4-5-6-7-8-9-10-11-12-13-14-15-18-21-24-27(25,26)23-20-17-16-19-22(23)2/h16-17,19-20,24H,3-15,18,21H2,1-2H3. The van der Waals surface area contributed by atoms with Gasteiger partial charge >= 0.3 is 0 Å². The lowest BCUT2D eigenvalue weighted by molar-refractivity contribution is 0.533. The molecule has 0 heterocycles. The van der Waals surface area contributed by atoms with Gasteiger partial charge in [0.2, 0.25) is 10.0 Å². The Balaban J connectivity index is 1.93. The molecule has 0 aliphatic carbocycles. The first-order valence-electron chi connectivity index (χ1n) is 11.1. The van der Waals surface area contributed by atoms with Crippen LogP contribution < -0.4 is 4.72 Å². The topological polar surface area (TPSA) is 46.2 Å². The first-order valence-corrected chi connectivity index (χ1v) is 12.6. The molecule has 1 N–H and O–H groups in total. The molecule has 0 saturated heterocycles. The van der Waals surface area contributed by atoms with Gasteiger partial charge in [-0.15, -0.1) is 0 Å². The van der Waals surface area contributed by atoms with Gasteiger partial charge in [-0.25, -0.2) is 13.1 Å². The highest BCUT2D eigenvalue weighted by Crippen LogP contribution is 2.15. The van der Waals surface area contributed by atoms with E-state index >= 15 is 0 Å². The number of hydrogen-bond donors (Lipinski definition) is 1. The molecule has 0 spiro atoms. The van der Waals surface area contributed by atoms with Gasteiger partial charge < -0.3 is 0 Å². The Morgan fingerprint density at radius 2 is 1.15 bits per heavy atom. The fourth-order valence-corrected chi connectivity index (χ4v) is 4.78. The molecule has 0 aliphatic rings. The Kier molecular flexibility index (Phi) is 13.5. The van der Waals surface area contributed by atoms with E-state index in [-0.39, 0.29) is 0 Å². The smallest absolute Gasteiger partial charge is 0.211 e. The zero-order chi connectivity index (χ0) is 19.8. The SMILES string of the molecule is CCCCCCCCCCCCCCCCNS(=O)(=O)c1ccccc1C. The number of unbranched alkanes of at least 4 members (excludes halogenated alkanes) is 13. The van der Waals surface area contributed by atoms with Crippen LogP contribution in [0.4, 0.5) is 0 Å². The normalized spacial score (nSPS) is 11.8. The maximum absolute atomic E-state index is 12.3. The summed E-state index contributed by atoms with van der Waals surface area (Å²) in [6.07, 6.45) is 18.4. The molecular weight excluding hydrogens is 354 g/mol. The summed E-state index contributed by atoms with van der Waals surface area (Å²) in [4.78, 5) is 0.398. The minimum absolute atomic E-state index is 0.398. The molecule has 0 aliphatic heterocycles. The number of sulfonamides is 1. The summed E-state index contributed by atoms with van der Waals surface area (Å²) in [5, 5.41) is 0. The second kappa shape index (κ2) is 15.1. The molecule has 0 saturated carbocycles. The first kappa shape index (κ1) is 24.2. The largest absolute Gasteiger partial charge is 0.240 e. The molecule has 3 nitrogen and oxygen atoms in total. The van der Waals surface area contributed by atoms with Gasteiger partial charge in [0.15, 0.2) is 0 Å². The monoisotopic (exact) mass is 395 g/mol. The van der Waals surface area contributed by atoms with Crippen LogP contribution in [0.2, 0.25) is 0 Å². The van der Waals surface area contributed by atoms with Crippen LogP contribution >= 0.6 is 0 Å². The number of hydrogen-bond acceptors (Lipinski definition) is 2. The van der Waals surface area contributed by atoms with Crippen LogP contribution in [0.15, 0.2) is 29.2 Å². The second-order valence-electron chi connectivity index (χ2n) is 7.76. The Morgan fingerprint density at radius 1 is 0.704 bits per heavy atom. The molecule has 1 rings (SSSR count). The Labute approximate surface area is 168 Å². The van der Waals surface area contributed by atoms with Gasteiger partial charge in [0.1, 0.15) is 0 Å². The van der Waals surface area contributed by atoms with Crippen molar-refractivity contribution in [3.63, 3.8) is 0 Å². The molecule has 156 valence electrons. The highest BCUT2D eigenvalue weighted by atomic mass is 32.2. The summed E-state index contributed by atoms with van der Waals surface area (Å²) in [6, 6.07) is 7.14. The van der Waals surface area contributed by atoms with Gasteiger partial charge in [-0.3, -0.25) is 0 Å². The van der Waals surface area contributed by atoms with Gasteiger partial charge in [0.25, 0.3) is 0 Å². The minimum Gasteiger partial charge on any atom is -0.211 e. The highest BCUT2D eigenvalue weighted by molar-refractivity contribution is 7.89.